The van der Waals surface area contributed by atoms with E-state index in [-0.39, 0.29) is 16.8 Å². The van der Waals surface area contributed by atoms with Gasteiger partial charge in [-0.2, -0.15) is 0 Å². The van der Waals surface area contributed by atoms with Crippen molar-refractivity contribution in [2.75, 3.05) is 26.5 Å². The molecule has 2 aromatic rings. The second-order valence-electron chi connectivity index (χ2n) is 6.88. The molecule has 0 heterocycles. The van der Waals surface area contributed by atoms with Crippen molar-refractivity contribution in [2.24, 2.45) is 0 Å². The van der Waals surface area contributed by atoms with E-state index in [0.717, 1.165) is 9.87 Å². The van der Waals surface area contributed by atoms with E-state index < -0.39 is 10.0 Å². The highest BCUT2D eigenvalue weighted by Crippen LogP contribution is 2.18. The highest BCUT2D eigenvalue weighted by Gasteiger charge is 2.20. The fourth-order valence-electron chi connectivity index (χ4n) is 2.51. The van der Waals surface area contributed by atoms with Crippen LogP contribution in [0, 0.1) is 6.92 Å². The van der Waals surface area contributed by atoms with Crippen LogP contribution in [0.2, 0.25) is 0 Å². The fourth-order valence-corrected chi connectivity index (χ4v) is 3.46. The zero-order valence-electron chi connectivity index (χ0n) is 16.4. The average molecular weight is 390 g/mol. The van der Waals surface area contributed by atoms with Gasteiger partial charge in [0.2, 0.25) is 15.9 Å². The first-order valence-electron chi connectivity index (χ1n) is 8.70. The van der Waals surface area contributed by atoms with Crippen LogP contribution >= 0.6 is 0 Å². The smallest absolute Gasteiger partial charge is 0.242 e. The molecule has 1 unspecified atom stereocenters. The SMILES string of the molecule is Cc1ccc(CN(C)C(C)C(=O)Nc2cccc(S(=O)(=O)N(C)C)c2)cc1. The lowest BCUT2D eigenvalue weighted by atomic mass is 10.1. The van der Waals surface area contributed by atoms with E-state index in [1.165, 1.54) is 31.8 Å². The largest absolute Gasteiger partial charge is 0.325 e. The van der Waals surface area contributed by atoms with Gasteiger partial charge in [0.1, 0.15) is 0 Å². The van der Waals surface area contributed by atoms with Gasteiger partial charge in [0.15, 0.2) is 0 Å². The van der Waals surface area contributed by atoms with Crippen molar-refractivity contribution in [2.45, 2.75) is 31.3 Å². The molecule has 2 aromatic carbocycles. The Morgan fingerprint density at radius 3 is 2.30 bits per heavy atom. The summed E-state index contributed by atoms with van der Waals surface area (Å²) in [6, 6.07) is 14.1. The van der Waals surface area contributed by atoms with Crippen molar-refractivity contribution in [1.82, 2.24) is 9.21 Å². The van der Waals surface area contributed by atoms with Crippen LogP contribution in [0.5, 0.6) is 0 Å². The molecule has 6 nitrogen and oxygen atoms in total. The number of rotatable bonds is 7. The van der Waals surface area contributed by atoms with Crippen molar-refractivity contribution >= 4 is 21.6 Å². The number of carbonyl (C=O) groups excluding carboxylic acids is 1. The van der Waals surface area contributed by atoms with E-state index in [0.29, 0.717) is 12.2 Å². The van der Waals surface area contributed by atoms with Gasteiger partial charge in [-0.1, -0.05) is 35.9 Å². The lowest BCUT2D eigenvalue weighted by molar-refractivity contribution is -0.120. The zero-order valence-corrected chi connectivity index (χ0v) is 17.2. The van der Waals surface area contributed by atoms with Gasteiger partial charge >= 0.3 is 0 Å². The van der Waals surface area contributed by atoms with Gasteiger partial charge in [0.25, 0.3) is 0 Å². The molecule has 146 valence electrons. The minimum Gasteiger partial charge on any atom is -0.325 e. The van der Waals surface area contributed by atoms with Crippen LogP contribution in [0.4, 0.5) is 5.69 Å². The molecule has 1 atom stereocenters. The molecule has 0 spiro atoms. The number of sulfonamides is 1. The molecule has 0 saturated carbocycles. The summed E-state index contributed by atoms with van der Waals surface area (Å²) in [4.78, 5) is 14.7. The van der Waals surface area contributed by atoms with E-state index in [1.54, 1.807) is 12.1 Å². The molecule has 0 aliphatic carbocycles. The van der Waals surface area contributed by atoms with E-state index in [1.807, 2.05) is 50.1 Å². The number of benzene rings is 2. The highest BCUT2D eigenvalue weighted by atomic mass is 32.2. The zero-order chi connectivity index (χ0) is 20.2. The van der Waals surface area contributed by atoms with Gasteiger partial charge in [-0.3, -0.25) is 9.69 Å². The van der Waals surface area contributed by atoms with Crippen LogP contribution in [0.3, 0.4) is 0 Å². The monoisotopic (exact) mass is 389 g/mol. The Morgan fingerprint density at radius 2 is 1.70 bits per heavy atom. The van der Waals surface area contributed by atoms with Crippen molar-refractivity contribution in [3.8, 4) is 0 Å². The van der Waals surface area contributed by atoms with Crippen LogP contribution in [-0.4, -0.2) is 50.7 Å². The lowest BCUT2D eigenvalue weighted by Gasteiger charge is -2.24. The van der Waals surface area contributed by atoms with Crippen LogP contribution in [0.15, 0.2) is 53.4 Å². The third kappa shape index (κ3) is 5.38. The normalized spacial score (nSPS) is 13.0. The molecule has 0 saturated heterocycles. The highest BCUT2D eigenvalue weighted by molar-refractivity contribution is 7.89. The molecule has 2 rings (SSSR count). The molecule has 0 aliphatic rings. The van der Waals surface area contributed by atoms with Gasteiger partial charge in [0, 0.05) is 26.3 Å². The van der Waals surface area contributed by atoms with Crippen molar-refractivity contribution < 1.29 is 13.2 Å². The first-order valence-corrected chi connectivity index (χ1v) is 10.1. The summed E-state index contributed by atoms with van der Waals surface area (Å²) < 4.78 is 25.6. The Kier molecular flexibility index (Phi) is 6.75. The first-order chi connectivity index (χ1) is 12.6. The third-order valence-corrected chi connectivity index (χ3v) is 6.28. The number of hydrogen-bond acceptors (Lipinski definition) is 4. The Labute approximate surface area is 161 Å². The molecule has 0 aromatic heterocycles. The molecule has 1 amide bonds. The summed E-state index contributed by atoms with van der Waals surface area (Å²) in [5, 5.41) is 2.81. The predicted molar refractivity (Wildman–Crippen MR) is 108 cm³/mol. The molecule has 0 aliphatic heterocycles. The summed E-state index contributed by atoms with van der Waals surface area (Å²) in [7, 11) is 1.29. The summed E-state index contributed by atoms with van der Waals surface area (Å²) in [5.41, 5.74) is 2.78. The number of likely N-dealkylation sites (N-methyl/N-ethyl adjacent to an activating group) is 1. The lowest BCUT2D eigenvalue weighted by Crippen LogP contribution is -2.39. The minimum absolute atomic E-state index is 0.144. The molecule has 0 bridgehead atoms. The van der Waals surface area contributed by atoms with Crippen LogP contribution in [0.1, 0.15) is 18.1 Å². The number of nitrogens with zero attached hydrogens (tertiary/aromatic N) is 2. The molecule has 27 heavy (non-hydrogen) atoms. The Balaban J connectivity index is 2.06. The summed E-state index contributed by atoms with van der Waals surface area (Å²) in [6.45, 7) is 4.50. The summed E-state index contributed by atoms with van der Waals surface area (Å²) >= 11 is 0. The molecule has 1 N–H and O–H groups in total. The molecular formula is C20H27N3O3S. The second kappa shape index (κ2) is 8.65. The average Bonchev–Trinajstić information content (AvgIpc) is 2.63. The van der Waals surface area contributed by atoms with E-state index >= 15 is 0 Å². The summed E-state index contributed by atoms with van der Waals surface area (Å²) in [6.07, 6.45) is 0. The molecule has 0 fully saturated rings. The van der Waals surface area contributed by atoms with Crippen LogP contribution < -0.4 is 5.32 Å². The molecular weight excluding hydrogens is 362 g/mol. The van der Waals surface area contributed by atoms with Crippen LogP contribution in [-0.2, 0) is 21.4 Å². The Morgan fingerprint density at radius 1 is 1.07 bits per heavy atom. The number of aryl methyl sites for hydroxylation is 1. The summed E-state index contributed by atoms with van der Waals surface area (Å²) in [5.74, 6) is -0.191. The standard InChI is InChI=1S/C20H27N3O3S/c1-15-9-11-17(12-10-15)14-23(5)16(2)20(24)21-18-7-6-8-19(13-18)27(25,26)22(3)4/h6-13,16H,14H2,1-5H3,(H,21,24). The van der Waals surface area contributed by atoms with Gasteiger partial charge in [0.05, 0.1) is 10.9 Å². The van der Waals surface area contributed by atoms with Gasteiger partial charge in [-0.05, 0) is 44.7 Å². The maximum atomic E-state index is 12.6. The van der Waals surface area contributed by atoms with Crippen LogP contribution in [0.25, 0.3) is 0 Å². The second-order valence-corrected chi connectivity index (χ2v) is 9.03. The molecule has 0 radical (unpaired) electrons. The van der Waals surface area contributed by atoms with E-state index in [4.69, 9.17) is 0 Å². The maximum Gasteiger partial charge on any atom is 0.242 e. The van der Waals surface area contributed by atoms with E-state index in [9.17, 15) is 13.2 Å². The van der Waals surface area contributed by atoms with Gasteiger partial charge in [-0.25, -0.2) is 12.7 Å². The Bertz CT molecular complexity index is 893. The third-order valence-electron chi connectivity index (χ3n) is 4.47. The fraction of sp³-hybridized carbons (Fsp3) is 0.350. The topological polar surface area (TPSA) is 69.7 Å². The minimum atomic E-state index is -3.54. The quantitative estimate of drug-likeness (QED) is 0.790. The number of anilines is 1. The Hall–Kier alpha value is -2.22. The molecule has 7 heteroatoms. The number of carbonyl (C=O) groups is 1. The first kappa shape index (κ1) is 21.1. The van der Waals surface area contributed by atoms with E-state index in [2.05, 4.69) is 5.32 Å². The number of nitrogens with one attached hydrogen (secondary N) is 1. The predicted octanol–water partition coefficient (Wildman–Crippen LogP) is 2.70. The van der Waals surface area contributed by atoms with Crippen molar-refractivity contribution in [3.63, 3.8) is 0 Å². The van der Waals surface area contributed by atoms with Crippen molar-refractivity contribution in [1.29, 1.82) is 0 Å². The van der Waals surface area contributed by atoms with Crippen molar-refractivity contribution in [3.05, 3.63) is 59.7 Å². The van der Waals surface area contributed by atoms with Gasteiger partial charge in [-0.15, -0.1) is 0 Å². The number of amides is 1. The maximum absolute atomic E-state index is 12.6. The van der Waals surface area contributed by atoms with Gasteiger partial charge < -0.3 is 5.32 Å². The number of hydrogen-bond donors (Lipinski definition) is 1.